The van der Waals surface area contributed by atoms with Gasteiger partial charge in [-0.3, -0.25) is 0 Å². The van der Waals surface area contributed by atoms with Gasteiger partial charge in [-0.2, -0.15) is 0 Å². The van der Waals surface area contributed by atoms with Gasteiger partial charge in [-0.15, -0.1) is 0 Å². The van der Waals surface area contributed by atoms with Crippen molar-refractivity contribution >= 4 is 9.84 Å². The summed E-state index contributed by atoms with van der Waals surface area (Å²) in [6.45, 7) is 4.86. The first-order chi connectivity index (χ1) is 13.3. The summed E-state index contributed by atoms with van der Waals surface area (Å²) in [7, 11) is -2.91. The molecule has 2 aromatic rings. The van der Waals surface area contributed by atoms with Gasteiger partial charge in [0.1, 0.15) is 18.5 Å². The van der Waals surface area contributed by atoms with Crippen molar-refractivity contribution in [1.29, 1.82) is 0 Å². The molecule has 0 amide bonds. The highest BCUT2D eigenvalue weighted by molar-refractivity contribution is 7.91. The average molecular weight is 404 g/mol. The fourth-order valence-corrected chi connectivity index (χ4v) is 5.21. The van der Waals surface area contributed by atoms with Gasteiger partial charge >= 0.3 is 0 Å². The summed E-state index contributed by atoms with van der Waals surface area (Å²) in [5.41, 5.74) is 2.33. The highest BCUT2D eigenvalue weighted by atomic mass is 32.2. The number of sulfone groups is 1. The fraction of sp³-hybridized carbons (Fsp3) is 0.455. The van der Waals surface area contributed by atoms with E-state index >= 15 is 0 Å². The van der Waals surface area contributed by atoms with Crippen LogP contribution in [0.3, 0.4) is 0 Å². The van der Waals surface area contributed by atoms with Crippen LogP contribution in [-0.2, 0) is 15.3 Å². The lowest BCUT2D eigenvalue weighted by Crippen LogP contribution is -2.38. The SMILES string of the molecule is CC(C)(c1ccccc1)c1ccc(OCC(O)CNC2CCS(=O)(=O)C2)cc1. The van der Waals surface area contributed by atoms with Gasteiger partial charge in [0.2, 0.25) is 0 Å². The Morgan fingerprint density at radius 1 is 1.11 bits per heavy atom. The zero-order valence-corrected chi connectivity index (χ0v) is 17.3. The van der Waals surface area contributed by atoms with Crippen LogP contribution in [0.5, 0.6) is 5.75 Å². The molecule has 1 aliphatic heterocycles. The maximum Gasteiger partial charge on any atom is 0.151 e. The smallest absolute Gasteiger partial charge is 0.151 e. The maximum absolute atomic E-state index is 11.5. The number of ether oxygens (including phenoxy) is 1. The molecular weight excluding hydrogens is 374 g/mol. The minimum Gasteiger partial charge on any atom is -0.491 e. The van der Waals surface area contributed by atoms with E-state index in [0.717, 1.165) is 0 Å². The van der Waals surface area contributed by atoms with Crippen LogP contribution in [0.4, 0.5) is 0 Å². The second-order valence-electron chi connectivity index (χ2n) is 7.99. The van der Waals surface area contributed by atoms with Gasteiger partial charge in [0.15, 0.2) is 9.84 Å². The van der Waals surface area contributed by atoms with Crippen LogP contribution in [0, 0.1) is 0 Å². The number of aliphatic hydroxyl groups excluding tert-OH is 1. The minimum absolute atomic E-state index is 0.0702. The van der Waals surface area contributed by atoms with E-state index in [1.54, 1.807) is 0 Å². The monoisotopic (exact) mass is 403 g/mol. The van der Waals surface area contributed by atoms with Gasteiger partial charge in [0, 0.05) is 18.0 Å². The van der Waals surface area contributed by atoms with Crippen LogP contribution >= 0.6 is 0 Å². The molecule has 0 bridgehead atoms. The van der Waals surface area contributed by atoms with Crippen LogP contribution in [0.15, 0.2) is 54.6 Å². The highest BCUT2D eigenvalue weighted by Crippen LogP contribution is 2.32. The van der Waals surface area contributed by atoms with Crippen molar-refractivity contribution in [3.8, 4) is 5.75 Å². The van der Waals surface area contributed by atoms with Crippen molar-refractivity contribution < 1.29 is 18.3 Å². The molecule has 0 saturated carbocycles. The number of hydrogen-bond donors (Lipinski definition) is 2. The van der Waals surface area contributed by atoms with E-state index in [1.165, 1.54) is 11.1 Å². The normalized spacial score (nSPS) is 20.0. The largest absolute Gasteiger partial charge is 0.491 e. The maximum atomic E-state index is 11.5. The van der Waals surface area contributed by atoms with E-state index in [1.807, 2.05) is 30.3 Å². The topological polar surface area (TPSA) is 75.6 Å². The predicted octanol–water partition coefficient (Wildman–Crippen LogP) is 2.53. The molecule has 2 atom stereocenters. The van der Waals surface area contributed by atoms with Crippen LogP contribution in [-0.4, -0.2) is 50.3 Å². The van der Waals surface area contributed by atoms with Gasteiger partial charge < -0.3 is 15.2 Å². The number of benzene rings is 2. The zero-order chi connectivity index (χ0) is 20.2. The van der Waals surface area contributed by atoms with E-state index in [9.17, 15) is 13.5 Å². The first-order valence-electron chi connectivity index (χ1n) is 9.67. The van der Waals surface area contributed by atoms with Crippen LogP contribution < -0.4 is 10.1 Å². The second-order valence-corrected chi connectivity index (χ2v) is 10.2. The lowest BCUT2D eigenvalue weighted by molar-refractivity contribution is 0.104. The Kier molecular flexibility index (Phi) is 6.43. The number of hydrogen-bond acceptors (Lipinski definition) is 5. The van der Waals surface area contributed by atoms with Crippen molar-refractivity contribution in [2.45, 2.75) is 37.8 Å². The molecule has 0 radical (unpaired) electrons. The van der Waals surface area contributed by atoms with Crippen molar-refractivity contribution in [3.05, 3.63) is 65.7 Å². The Bertz CT molecular complexity index is 863. The second kappa shape index (κ2) is 8.64. The molecule has 2 aromatic carbocycles. The van der Waals surface area contributed by atoms with Gasteiger partial charge in [0.05, 0.1) is 11.5 Å². The zero-order valence-electron chi connectivity index (χ0n) is 16.5. The standard InChI is InChI=1S/C22H29NO4S/c1-22(2,17-6-4-3-5-7-17)18-8-10-21(11-9-18)27-15-20(24)14-23-19-12-13-28(25,26)16-19/h3-11,19-20,23-24H,12-16H2,1-2H3. The molecule has 1 heterocycles. The third kappa shape index (κ3) is 5.34. The molecule has 1 fully saturated rings. The van der Waals surface area contributed by atoms with Crippen LogP contribution in [0.25, 0.3) is 0 Å². The fourth-order valence-electron chi connectivity index (χ4n) is 3.50. The van der Waals surface area contributed by atoms with E-state index in [4.69, 9.17) is 4.74 Å². The van der Waals surface area contributed by atoms with Crippen LogP contribution in [0.2, 0.25) is 0 Å². The molecule has 6 heteroatoms. The Labute approximate surface area is 167 Å². The number of nitrogens with one attached hydrogen (secondary N) is 1. The molecule has 28 heavy (non-hydrogen) atoms. The van der Waals surface area contributed by atoms with Gasteiger partial charge in [0.25, 0.3) is 0 Å². The van der Waals surface area contributed by atoms with E-state index < -0.39 is 15.9 Å². The molecule has 0 spiro atoms. The van der Waals surface area contributed by atoms with Gasteiger partial charge in [-0.05, 0) is 29.7 Å². The molecule has 1 aliphatic rings. The number of aliphatic hydroxyl groups is 1. The average Bonchev–Trinajstić information content (AvgIpc) is 3.04. The summed E-state index contributed by atoms with van der Waals surface area (Å²) in [4.78, 5) is 0. The van der Waals surface area contributed by atoms with E-state index in [2.05, 4.69) is 43.4 Å². The predicted molar refractivity (Wildman–Crippen MR) is 112 cm³/mol. The third-order valence-corrected chi connectivity index (χ3v) is 7.16. The molecule has 3 rings (SSSR count). The van der Waals surface area contributed by atoms with Crippen molar-refractivity contribution in [1.82, 2.24) is 5.32 Å². The minimum atomic E-state index is -2.91. The summed E-state index contributed by atoms with van der Waals surface area (Å²) in [5, 5.41) is 13.2. The summed E-state index contributed by atoms with van der Waals surface area (Å²) >= 11 is 0. The Morgan fingerprint density at radius 2 is 1.75 bits per heavy atom. The van der Waals surface area contributed by atoms with Crippen LogP contribution in [0.1, 0.15) is 31.4 Å². The van der Waals surface area contributed by atoms with Crippen molar-refractivity contribution in [2.24, 2.45) is 0 Å². The van der Waals surface area contributed by atoms with E-state index in [-0.39, 0.29) is 29.6 Å². The Hall–Kier alpha value is -1.89. The van der Waals surface area contributed by atoms with Crippen molar-refractivity contribution in [2.75, 3.05) is 24.7 Å². The first kappa shape index (κ1) is 20.8. The third-order valence-electron chi connectivity index (χ3n) is 5.39. The van der Waals surface area contributed by atoms with Crippen molar-refractivity contribution in [3.63, 3.8) is 0 Å². The van der Waals surface area contributed by atoms with E-state index in [0.29, 0.717) is 18.7 Å². The molecule has 2 unspecified atom stereocenters. The Balaban J connectivity index is 1.49. The van der Waals surface area contributed by atoms with Gasteiger partial charge in [-0.1, -0.05) is 56.3 Å². The lowest BCUT2D eigenvalue weighted by Gasteiger charge is -2.26. The quantitative estimate of drug-likeness (QED) is 0.708. The van der Waals surface area contributed by atoms with Gasteiger partial charge in [-0.25, -0.2) is 8.42 Å². The molecule has 2 N–H and O–H groups in total. The molecule has 0 aliphatic carbocycles. The molecule has 1 saturated heterocycles. The number of rotatable bonds is 8. The summed E-state index contributed by atoms with van der Waals surface area (Å²) in [6.07, 6.45) is -0.0853. The molecule has 5 nitrogen and oxygen atoms in total. The first-order valence-corrected chi connectivity index (χ1v) is 11.5. The summed E-state index contributed by atoms with van der Waals surface area (Å²) < 4.78 is 28.6. The molecule has 0 aromatic heterocycles. The molecular formula is C22H29NO4S. The molecule has 152 valence electrons. The summed E-state index contributed by atoms with van der Waals surface area (Å²) in [6, 6.07) is 18.2. The highest BCUT2D eigenvalue weighted by Gasteiger charge is 2.27. The summed E-state index contributed by atoms with van der Waals surface area (Å²) in [5.74, 6) is 1.08. The lowest BCUT2D eigenvalue weighted by atomic mass is 9.78. The Morgan fingerprint density at radius 3 is 2.36 bits per heavy atom.